The Morgan fingerprint density at radius 3 is 2.77 bits per heavy atom. The number of hydrogen-bond acceptors (Lipinski definition) is 2. The number of amides is 1. The van der Waals surface area contributed by atoms with Gasteiger partial charge in [0.25, 0.3) is 0 Å². The van der Waals surface area contributed by atoms with E-state index in [2.05, 4.69) is 15.9 Å². The minimum atomic E-state index is -0.382. The fourth-order valence-electron chi connectivity index (χ4n) is 1.07. The van der Waals surface area contributed by atoms with Gasteiger partial charge in [-0.2, -0.15) is 0 Å². The summed E-state index contributed by atoms with van der Waals surface area (Å²) in [6.07, 6.45) is 0.177. The molecule has 0 unspecified atom stereocenters. The van der Waals surface area contributed by atoms with Gasteiger partial charge in [0, 0.05) is 16.9 Å². The summed E-state index contributed by atoms with van der Waals surface area (Å²) < 4.78 is 0.949. The van der Waals surface area contributed by atoms with E-state index in [9.17, 15) is 4.79 Å². The van der Waals surface area contributed by atoms with Gasteiger partial charge in [0.2, 0.25) is 5.91 Å². The molecule has 13 heavy (non-hydrogen) atoms. The van der Waals surface area contributed by atoms with Crippen molar-refractivity contribution in [1.29, 1.82) is 0 Å². The number of carbonyl (C=O) groups is 1. The largest absolute Gasteiger partial charge is 0.370 e. The number of rotatable bonds is 3. The zero-order valence-corrected chi connectivity index (χ0v) is 8.62. The molecule has 1 atom stereocenters. The maximum Gasteiger partial charge on any atom is 0.219 e. The third-order valence-electron chi connectivity index (χ3n) is 1.70. The first kappa shape index (κ1) is 10.2. The fourth-order valence-corrected chi connectivity index (χ4v) is 1.49. The van der Waals surface area contributed by atoms with E-state index in [4.69, 9.17) is 11.5 Å². The highest BCUT2D eigenvalue weighted by Gasteiger charge is 2.08. The molecule has 4 N–H and O–H groups in total. The first-order chi connectivity index (χ1) is 6.09. The quantitative estimate of drug-likeness (QED) is 0.840. The maximum atomic E-state index is 10.6. The summed E-state index contributed by atoms with van der Waals surface area (Å²) in [7, 11) is 0. The summed E-state index contributed by atoms with van der Waals surface area (Å²) in [4.78, 5) is 10.6. The second-order valence-electron chi connectivity index (χ2n) is 2.83. The number of primary amides is 1. The number of hydrogen-bond donors (Lipinski definition) is 2. The molecule has 0 saturated carbocycles. The van der Waals surface area contributed by atoms with Gasteiger partial charge in [-0.25, -0.2) is 0 Å². The van der Waals surface area contributed by atoms with Crippen molar-refractivity contribution < 1.29 is 4.79 Å². The van der Waals surface area contributed by atoms with Crippen LogP contribution in [-0.2, 0) is 4.79 Å². The van der Waals surface area contributed by atoms with Gasteiger partial charge in [0.15, 0.2) is 0 Å². The summed E-state index contributed by atoms with van der Waals surface area (Å²) in [6, 6.07) is 7.22. The molecule has 4 heteroatoms. The van der Waals surface area contributed by atoms with Crippen LogP contribution in [0.2, 0.25) is 0 Å². The van der Waals surface area contributed by atoms with Crippen molar-refractivity contribution in [2.45, 2.75) is 12.5 Å². The predicted octanol–water partition coefficient (Wildman–Crippen LogP) is 1.32. The average Bonchev–Trinajstić information content (AvgIpc) is 2.03. The molecule has 0 aliphatic heterocycles. The highest BCUT2D eigenvalue weighted by atomic mass is 79.9. The third kappa shape index (κ3) is 3.16. The van der Waals surface area contributed by atoms with Crippen molar-refractivity contribution in [1.82, 2.24) is 0 Å². The average molecular weight is 243 g/mol. The first-order valence-electron chi connectivity index (χ1n) is 3.89. The van der Waals surface area contributed by atoms with Crippen LogP contribution in [0.25, 0.3) is 0 Å². The highest BCUT2D eigenvalue weighted by molar-refractivity contribution is 9.10. The van der Waals surface area contributed by atoms with Gasteiger partial charge < -0.3 is 11.5 Å². The highest BCUT2D eigenvalue weighted by Crippen LogP contribution is 2.18. The van der Waals surface area contributed by atoms with E-state index < -0.39 is 0 Å². The second-order valence-corrected chi connectivity index (χ2v) is 3.75. The number of nitrogens with two attached hydrogens (primary N) is 2. The lowest BCUT2D eigenvalue weighted by atomic mass is 10.1. The van der Waals surface area contributed by atoms with E-state index in [-0.39, 0.29) is 18.4 Å². The molecule has 1 aromatic rings. The van der Waals surface area contributed by atoms with Gasteiger partial charge in [-0.15, -0.1) is 0 Å². The Labute approximate surface area is 85.2 Å². The molecule has 70 valence electrons. The van der Waals surface area contributed by atoms with E-state index in [0.29, 0.717) is 0 Å². The van der Waals surface area contributed by atoms with E-state index >= 15 is 0 Å². The minimum absolute atomic E-state index is 0.177. The Morgan fingerprint density at radius 2 is 2.23 bits per heavy atom. The summed E-state index contributed by atoms with van der Waals surface area (Å²) in [5.74, 6) is -0.382. The van der Waals surface area contributed by atoms with Crippen molar-refractivity contribution in [2.75, 3.05) is 0 Å². The van der Waals surface area contributed by atoms with Crippen LogP contribution in [0.5, 0.6) is 0 Å². The Bertz CT molecular complexity index is 314. The predicted molar refractivity (Wildman–Crippen MR) is 54.9 cm³/mol. The molecule has 0 aliphatic carbocycles. The molecule has 1 rings (SSSR count). The molecule has 0 aromatic heterocycles. The Hall–Kier alpha value is -0.870. The summed E-state index contributed by atoms with van der Waals surface area (Å²) >= 11 is 3.32. The van der Waals surface area contributed by atoms with Crippen LogP contribution >= 0.6 is 15.9 Å². The van der Waals surface area contributed by atoms with Crippen LogP contribution < -0.4 is 11.5 Å². The number of benzene rings is 1. The van der Waals surface area contributed by atoms with Crippen molar-refractivity contribution >= 4 is 21.8 Å². The van der Waals surface area contributed by atoms with E-state index in [1.165, 1.54) is 0 Å². The number of carbonyl (C=O) groups excluding carboxylic acids is 1. The van der Waals surface area contributed by atoms with Crippen molar-refractivity contribution in [3.8, 4) is 0 Å². The lowest BCUT2D eigenvalue weighted by Crippen LogP contribution is -2.20. The smallest absolute Gasteiger partial charge is 0.219 e. The monoisotopic (exact) mass is 242 g/mol. The summed E-state index contributed by atoms with van der Waals surface area (Å²) in [5, 5.41) is 0. The zero-order chi connectivity index (χ0) is 9.84. The van der Waals surface area contributed by atoms with E-state index in [1.54, 1.807) is 0 Å². The van der Waals surface area contributed by atoms with Gasteiger partial charge in [-0.05, 0) is 17.7 Å². The topological polar surface area (TPSA) is 69.1 Å². The molecule has 0 spiro atoms. The molecule has 0 radical (unpaired) electrons. The van der Waals surface area contributed by atoms with E-state index in [0.717, 1.165) is 10.0 Å². The van der Waals surface area contributed by atoms with Crippen molar-refractivity contribution in [3.63, 3.8) is 0 Å². The van der Waals surface area contributed by atoms with Crippen LogP contribution in [0.3, 0.4) is 0 Å². The summed E-state index contributed by atoms with van der Waals surface area (Å²) in [5.41, 5.74) is 11.7. The van der Waals surface area contributed by atoms with Crippen LogP contribution in [0, 0.1) is 0 Å². The molecule has 0 aliphatic rings. The molecule has 3 nitrogen and oxygen atoms in total. The summed E-state index contributed by atoms with van der Waals surface area (Å²) in [6.45, 7) is 0. The van der Waals surface area contributed by atoms with Gasteiger partial charge >= 0.3 is 0 Å². The standard InChI is InChI=1S/C9H11BrN2O/c10-7-3-1-2-6(4-7)8(11)5-9(12)13/h1-4,8H,5,11H2,(H2,12,13)/t8-/m1/s1. The van der Waals surface area contributed by atoms with Gasteiger partial charge in [-0.1, -0.05) is 28.1 Å². The SMILES string of the molecule is NC(=O)C[C@@H](N)c1cccc(Br)c1. The van der Waals surface area contributed by atoms with Gasteiger partial charge in [0.1, 0.15) is 0 Å². The first-order valence-corrected chi connectivity index (χ1v) is 4.68. The van der Waals surface area contributed by atoms with Gasteiger partial charge in [0.05, 0.1) is 0 Å². The van der Waals surface area contributed by atoms with E-state index in [1.807, 2.05) is 24.3 Å². The zero-order valence-electron chi connectivity index (χ0n) is 7.03. The Balaban J connectivity index is 2.76. The van der Waals surface area contributed by atoms with Crippen LogP contribution in [0.15, 0.2) is 28.7 Å². The maximum absolute atomic E-state index is 10.6. The second kappa shape index (κ2) is 4.39. The lowest BCUT2D eigenvalue weighted by molar-refractivity contribution is -0.118. The Kier molecular flexibility index (Phi) is 3.45. The fraction of sp³-hybridized carbons (Fsp3) is 0.222. The minimum Gasteiger partial charge on any atom is -0.370 e. The third-order valence-corrected chi connectivity index (χ3v) is 2.19. The molecule has 0 heterocycles. The Morgan fingerprint density at radius 1 is 1.54 bits per heavy atom. The van der Waals surface area contributed by atoms with Crippen LogP contribution in [0.4, 0.5) is 0 Å². The lowest BCUT2D eigenvalue weighted by Gasteiger charge is -2.09. The van der Waals surface area contributed by atoms with Gasteiger partial charge in [-0.3, -0.25) is 4.79 Å². The normalized spacial score (nSPS) is 12.5. The molecule has 0 saturated heterocycles. The van der Waals surface area contributed by atoms with Crippen LogP contribution in [0.1, 0.15) is 18.0 Å². The molecule has 1 amide bonds. The molecule has 0 fully saturated rings. The molecule has 1 aromatic carbocycles. The van der Waals surface area contributed by atoms with Crippen molar-refractivity contribution in [2.24, 2.45) is 11.5 Å². The molecular formula is C9H11BrN2O. The molecular weight excluding hydrogens is 232 g/mol. The molecule has 0 bridgehead atoms. The van der Waals surface area contributed by atoms with Crippen molar-refractivity contribution in [3.05, 3.63) is 34.3 Å². The van der Waals surface area contributed by atoms with Crippen LogP contribution in [-0.4, -0.2) is 5.91 Å². The number of halogens is 1.